The normalized spacial score (nSPS) is 21.3. The van der Waals surface area contributed by atoms with Crippen molar-refractivity contribution < 1.29 is 5.11 Å². The SMILES string of the molecule is CC(O)C1CCN(c2ccc(C#N)c(Cl)c2)C1. The molecule has 1 saturated heterocycles. The van der Waals surface area contributed by atoms with Gasteiger partial charge in [-0.2, -0.15) is 5.26 Å². The summed E-state index contributed by atoms with van der Waals surface area (Å²) in [5.41, 5.74) is 1.53. The van der Waals surface area contributed by atoms with Gasteiger partial charge >= 0.3 is 0 Å². The smallest absolute Gasteiger partial charge is 0.101 e. The van der Waals surface area contributed by atoms with Crippen molar-refractivity contribution in [2.24, 2.45) is 5.92 Å². The number of nitriles is 1. The predicted molar refractivity (Wildman–Crippen MR) is 68.2 cm³/mol. The Labute approximate surface area is 106 Å². The summed E-state index contributed by atoms with van der Waals surface area (Å²) in [6.45, 7) is 3.61. The van der Waals surface area contributed by atoms with E-state index in [0.29, 0.717) is 16.5 Å². The van der Waals surface area contributed by atoms with Gasteiger partial charge in [-0.3, -0.25) is 0 Å². The zero-order chi connectivity index (χ0) is 12.4. The van der Waals surface area contributed by atoms with Gasteiger partial charge in [0.05, 0.1) is 16.7 Å². The first-order valence-corrected chi connectivity index (χ1v) is 6.12. The number of anilines is 1. The summed E-state index contributed by atoms with van der Waals surface area (Å²) in [4.78, 5) is 2.20. The molecule has 0 aromatic heterocycles. The van der Waals surface area contributed by atoms with Crippen LogP contribution in [0.1, 0.15) is 18.9 Å². The largest absolute Gasteiger partial charge is 0.393 e. The van der Waals surface area contributed by atoms with Crippen molar-refractivity contribution in [3.63, 3.8) is 0 Å². The molecule has 0 aliphatic carbocycles. The lowest BCUT2D eigenvalue weighted by Gasteiger charge is -2.20. The highest BCUT2D eigenvalue weighted by molar-refractivity contribution is 6.32. The van der Waals surface area contributed by atoms with E-state index < -0.39 is 0 Å². The van der Waals surface area contributed by atoms with Gasteiger partial charge in [-0.25, -0.2) is 0 Å². The Morgan fingerprint density at radius 2 is 2.35 bits per heavy atom. The molecule has 0 radical (unpaired) electrons. The van der Waals surface area contributed by atoms with Crippen LogP contribution >= 0.6 is 11.6 Å². The van der Waals surface area contributed by atoms with Crippen LogP contribution < -0.4 is 4.90 Å². The molecule has 4 heteroatoms. The van der Waals surface area contributed by atoms with Crippen molar-refractivity contribution in [1.82, 2.24) is 0 Å². The second kappa shape index (κ2) is 4.95. The molecule has 1 aromatic rings. The molecule has 2 unspecified atom stereocenters. The first-order chi connectivity index (χ1) is 8.11. The fourth-order valence-corrected chi connectivity index (χ4v) is 2.42. The molecule has 0 amide bonds. The van der Waals surface area contributed by atoms with Gasteiger partial charge in [0.1, 0.15) is 6.07 Å². The highest BCUT2D eigenvalue weighted by Crippen LogP contribution is 2.28. The van der Waals surface area contributed by atoms with E-state index in [2.05, 4.69) is 4.90 Å². The predicted octanol–water partition coefficient (Wildman–Crippen LogP) is 2.42. The Balaban J connectivity index is 2.15. The summed E-state index contributed by atoms with van der Waals surface area (Å²) in [7, 11) is 0. The second-order valence-electron chi connectivity index (χ2n) is 4.51. The van der Waals surface area contributed by atoms with Crippen LogP contribution in [-0.4, -0.2) is 24.3 Å². The van der Waals surface area contributed by atoms with Gasteiger partial charge < -0.3 is 10.0 Å². The molecule has 2 atom stereocenters. The molecule has 0 bridgehead atoms. The third-order valence-electron chi connectivity index (χ3n) is 3.35. The summed E-state index contributed by atoms with van der Waals surface area (Å²) in [5.74, 6) is 0.324. The number of hydrogen-bond donors (Lipinski definition) is 1. The van der Waals surface area contributed by atoms with Gasteiger partial charge in [-0.1, -0.05) is 11.6 Å². The summed E-state index contributed by atoms with van der Waals surface area (Å²) in [6, 6.07) is 7.53. The number of halogens is 1. The van der Waals surface area contributed by atoms with E-state index in [-0.39, 0.29) is 6.10 Å². The monoisotopic (exact) mass is 250 g/mol. The fourth-order valence-electron chi connectivity index (χ4n) is 2.21. The van der Waals surface area contributed by atoms with Crippen LogP contribution in [0.4, 0.5) is 5.69 Å². The van der Waals surface area contributed by atoms with Crippen molar-refractivity contribution in [3.05, 3.63) is 28.8 Å². The Morgan fingerprint density at radius 3 is 2.88 bits per heavy atom. The number of hydrogen-bond acceptors (Lipinski definition) is 3. The summed E-state index contributed by atoms with van der Waals surface area (Å²) < 4.78 is 0. The summed E-state index contributed by atoms with van der Waals surface area (Å²) >= 11 is 6.01. The molecule has 1 aromatic carbocycles. The van der Waals surface area contributed by atoms with Gasteiger partial charge in [0.25, 0.3) is 0 Å². The fraction of sp³-hybridized carbons (Fsp3) is 0.462. The number of rotatable bonds is 2. The van der Waals surface area contributed by atoms with Gasteiger partial charge in [-0.15, -0.1) is 0 Å². The maximum absolute atomic E-state index is 9.56. The van der Waals surface area contributed by atoms with Crippen molar-refractivity contribution in [1.29, 1.82) is 5.26 Å². The molecule has 3 nitrogen and oxygen atoms in total. The minimum absolute atomic E-state index is 0.270. The molecule has 1 aliphatic rings. The van der Waals surface area contributed by atoms with E-state index in [4.69, 9.17) is 16.9 Å². The number of aliphatic hydroxyl groups excluding tert-OH is 1. The molecule has 0 spiro atoms. The third-order valence-corrected chi connectivity index (χ3v) is 3.66. The van der Waals surface area contributed by atoms with Crippen molar-refractivity contribution >= 4 is 17.3 Å². The van der Waals surface area contributed by atoms with E-state index in [1.165, 1.54) is 0 Å². The molecular formula is C13H15ClN2O. The number of nitrogens with zero attached hydrogens (tertiary/aromatic N) is 2. The van der Waals surface area contributed by atoms with Gasteiger partial charge in [0, 0.05) is 24.7 Å². The molecule has 1 heterocycles. The van der Waals surface area contributed by atoms with Crippen LogP contribution in [0.3, 0.4) is 0 Å². The maximum atomic E-state index is 9.56. The first kappa shape index (κ1) is 12.2. The van der Waals surface area contributed by atoms with E-state index in [1.807, 2.05) is 25.1 Å². The minimum atomic E-state index is -0.270. The van der Waals surface area contributed by atoms with Crippen LogP contribution in [0.2, 0.25) is 5.02 Å². The molecule has 17 heavy (non-hydrogen) atoms. The van der Waals surface area contributed by atoms with Crippen molar-refractivity contribution in [2.45, 2.75) is 19.4 Å². The highest BCUT2D eigenvalue weighted by Gasteiger charge is 2.26. The van der Waals surface area contributed by atoms with Crippen LogP contribution in [-0.2, 0) is 0 Å². The maximum Gasteiger partial charge on any atom is 0.101 e. The first-order valence-electron chi connectivity index (χ1n) is 5.74. The summed E-state index contributed by atoms with van der Waals surface area (Å²) in [5, 5.41) is 18.9. The lowest BCUT2D eigenvalue weighted by molar-refractivity contribution is 0.136. The van der Waals surface area contributed by atoms with Gasteiger partial charge in [0.15, 0.2) is 0 Å². The Bertz CT molecular complexity index is 453. The van der Waals surface area contributed by atoms with Crippen LogP contribution in [0.25, 0.3) is 0 Å². The Hall–Kier alpha value is -1.24. The van der Waals surface area contributed by atoms with Gasteiger partial charge in [-0.05, 0) is 31.5 Å². The lowest BCUT2D eigenvalue weighted by atomic mass is 10.0. The Kier molecular flexibility index (Phi) is 3.56. The number of aliphatic hydroxyl groups is 1. The molecule has 0 saturated carbocycles. The van der Waals surface area contributed by atoms with Crippen molar-refractivity contribution in [3.8, 4) is 6.07 Å². The molecule has 1 aliphatic heterocycles. The highest BCUT2D eigenvalue weighted by atomic mass is 35.5. The van der Waals surface area contributed by atoms with E-state index in [1.54, 1.807) is 6.07 Å². The Morgan fingerprint density at radius 1 is 1.59 bits per heavy atom. The molecule has 1 fully saturated rings. The third kappa shape index (κ3) is 2.54. The second-order valence-corrected chi connectivity index (χ2v) is 4.92. The zero-order valence-electron chi connectivity index (χ0n) is 9.73. The van der Waals surface area contributed by atoms with E-state index >= 15 is 0 Å². The standard InChI is InChI=1S/C13H15ClN2O/c1-9(17)11-4-5-16(8-11)12-3-2-10(7-15)13(14)6-12/h2-3,6,9,11,17H,4-5,8H2,1H3. The van der Waals surface area contributed by atoms with E-state index in [0.717, 1.165) is 25.2 Å². The molecular weight excluding hydrogens is 236 g/mol. The molecule has 2 rings (SSSR count). The molecule has 90 valence electrons. The summed E-state index contributed by atoms with van der Waals surface area (Å²) in [6.07, 6.45) is 0.726. The lowest BCUT2D eigenvalue weighted by Crippen LogP contribution is -2.23. The number of benzene rings is 1. The quantitative estimate of drug-likeness (QED) is 0.877. The van der Waals surface area contributed by atoms with Crippen LogP contribution in [0, 0.1) is 17.2 Å². The van der Waals surface area contributed by atoms with Crippen LogP contribution in [0.15, 0.2) is 18.2 Å². The van der Waals surface area contributed by atoms with Gasteiger partial charge in [0.2, 0.25) is 0 Å². The van der Waals surface area contributed by atoms with Crippen molar-refractivity contribution in [2.75, 3.05) is 18.0 Å². The topological polar surface area (TPSA) is 47.3 Å². The molecule has 1 N–H and O–H groups in total. The van der Waals surface area contributed by atoms with E-state index in [9.17, 15) is 5.11 Å². The zero-order valence-corrected chi connectivity index (χ0v) is 10.5. The average molecular weight is 251 g/mol. The minimum Gasteiger partial charge on any atom is -0.393 e. The van der Waals surface area contributed by atoms with Crippen LogP contribution in [0.5, 0.6) is 0 Å². The average Bonchev–Trinajstić information content (AvgIpc) is 2.78.